The molecule has 0 bridgehead atoms. The Bertz CT molecular complexity index is 1030. The van der Waals surface area contributed by atoms with Crippen LogP contribution in [0.25, 0.3) is 0 Å². The Morgan fingerprint density at radius 3 is 2.59 bits per heavy atom. The summed E-state index contributed by atoms with van der Waals surface area (Å²) in [6.07, 6.45) is 0. The monoisotopic (exact) mass is 412 g/mol. The Kier molecular flexibility index (Phi) is 6.43. The molecule has 0 aliphatic carbocycles. The van der Waals surface area contributed by atoms with Gasteiger partial charge in [0.25, 0.3) is 0 Å². The van der Waals surface area contributed by atoms with Gasteiger partial charge in [0, 0.05) is 16.9 Å². The molecule has 0 unspecified atom stereocenters. The molecule has 0 aliphatic heterocycles. The Morgan fingerprint density at radius 2 is 1.90 bits per heavy atom. The van der Waals surface area contributed by atoms with Gasteiger partial charge in [-0.05, 0) is 50.6 Å². The lowest BCUT2D eigenvalue weighted by molar-refractivity contribution is 0.101. The summed E-state index contributed by atoms with van der Waals surface area (Å²) in [5.74, 6) is 8.72. The van der Waals surface area contributed by atoms with Crippen LogP contribution in [0.5, 0.6) is 11.5 Å². The molecule has 0 amide bonds. The average molecular weight is 413 g/mol. The summed E-state index contributed by atoms with van der Waals surface area (Å²) in [4.78, 5) is 11.7. The minimum atomic E-state index is 0.00623. The first-order valence-electron chi connectivity index (χ1n) is 9.09. The molecule has 152 valence electrons. The van der Waals surface area contributed by atoms with E-state index in [0.29, 0.717) is 28.0 Å². The zero-order valence-corrected chi connectivity index (χ0v) is 17.7. The fourth-order valence-corrected chi connectivity index (χ4v) is 3.71. The van der Waals surface area contributed by atoms with Crippen LogP contribution in [-0.4, -0.2) is 27.8 Å². The molecule has 0 saturated carbocycles. The largest absolute Gasteiger partial charge is 0.496 e. The van der Waals surface area contributed by atoms with E-state index in [9.17, 15) is 4.79 Å². The average Bonchev–Trinajstić information content (AvgIpc) is 3.05. The summed E-state index contributed by atoms with van der Waals surface area (Å²) in [6, 6.07) is 11.4. The van der Waals surface area contributed by atoms with Gasteiger partial charge in [-0.15, -0.1) is 10.2 Å². The Balaban J connectivity index is 1.68. The van der Waals surface area contributed by atoms with Crippen LogP contribution >= 0.6 is 11.8 Å². The quantitative estimate of drug-likeness (QED) is 0.343. The van der Waals surface area contributed by atoms with Crippen molar-refractivity contribution in [3.63, 3.8) is 0 Å². The molecule has 0 aliphatic rings. The Labute approximate surface area is 174 Å². The maximum absolute atomic E-state index is 11.7. The van der Waals surface area contributed by atoms with Gasteiger partial charge >= 0.3 is 0 Å². The van der Waals surface area contributed by atoms with Gasteiger partial charge in [0.05, 0.1) is 7.11 Å². The standard InChI is InChI=1S/C21H24N4O3S/c1-13-5-7-18(14(2)9-13)28-11-20-23-24-21(25(20)22)29-12-17-10-16(15(3)26)6-8-19(17)27-4/h5-10H,11-12,22H2,1-4H3. The van der Waals surface area contributed by atoms with E-state index in [1.54, 1.807) is 19.2 Å². The van der Waals surface area contributed by atoms with Crippen LogP contribution in [0.2, 0.25) is 0 Å². The van der Waals surface area contributed by atoms with Gasteiger partial charge in [0.1, 0.15) is 18.1 Å². The van der Waals surface area contributed by atoms with Crippen molar-refractivity contribution in [1.82, 2.24) is 14.9 Å². The zero-order chi connectivity index (χ0) is 21.0. The lowest BCUT2D eigenvalue weighted by atomic mass is 10.1. The molecule has 0 fully saturated rings. The van der Waals surface area contributed by atoms with E-state index < -0.39 is 0 Å². The molecule has 0 saturated heterocycles. The van der Waals surface area contributed by atoms with Gasteiger partial charge in [-0.1, -0.05) is 29.5 Å². The van der Waals surface area contributed by atoms with E-state index in [2.05, 4.69) is 16.3 Å². The van der Waals surface area contributed by atoms with Crippen molar-refractivity contribution in [2.75, 3.05) is 13.0 Å². The molecule has 2 N–H and O–H groups in total. The van der Waals surface area contributed by atoms with E-state index in [4.69, 9.17) is 15.3 Å². The summed E-state index contributed by atoms with van der Waals surface area (Å²) >= 11 is 1.42. The van der Waals surface area contributed by atoms with E-state index in [1.165, 1.54) is 28.9 Å². The van der Waals surface area contributed by atoms with Crippen LogP contribution in [0, 0.1) is 13.8 Å². The number of hydrogen-bond acceptors (Lipinski definition) is 7. The van der Waals surface area contributed by atoms with Crippen LogP contribution in [0.4, 0.5) is 0 Å². The minimum Gasteiger partial charge on any atom is -0.496 e. The molecule has 8 heteroatoms. The molecule has 1 aromatic heterocycles. The SMILES string of the molecule is COc1ccc(C(C)=O)cc1CSc1nnc(COc2ccc(C)cc2C)n1N. The Hall–Kier alpha value is -3.00. The third kappa shape index (κ3) is 4.89. The smallest absolute Gasteiger partial charge is 0.210 e. The molecule has 1 heterocycles. The van der Waals surface area contributed by atoms with Crippen molar-refractivity contribution in [2.45, 2.75) is 38.3 Å². The first kappa shape index (κ1) is 20.7. The summed E-state index contributed by atoms with van der Waals surface area (Å²) in [6.45, 7) is 5.80. The summed E-state index contributed by atoms with van der Waals surface area (Å²) in [5, 5.41) is 8.85. The molecule has 0 spiro atoms. The molecule has 0 radical (unpaired) electrons. The van der Waals surface area contributed by atoms with Crippen molar-refractivity contribution in [2.24, 2.45) is 0 Å². The number of ether oxygens (including phenoxy) is 2. The molecule has 29 heavy (non-hydrogen) atoms. The van der Waals surface area contributed by atoms with E-state index >= 15 is 0 Å². The number of nitrogens with two attached hydrogens (primary N) is 1. The number of methoxy groups -OCH3 is 1. The number of rotatable bonds is 8. The predicted molar refractivity (Wildman–Crippen MR) is 113 cm³/mol. The van der Waals surface area contributed by atoms with Gasteiger partial charge < -0.3 is 15.3 Å². The van der Waals surface area contributed by atoms with Gasteiger partial charge in [-0.25, -0.2) is 4.68 Å². The minimum absolute atomic E-state index is 0.00623. The van der Waals surface area contributed by atoms with Crippen molar-refractivity contribution >= 4 is 17.5 Å². The number of benzene rings is 2. The number of aromatic nitrogens is 3. The second-order valence-corrected chi connectivity index (χ2v) is 7.64. The maximum atomic E-state index is 11.7. The lowest BCUT2D eigenvalue weighted by Gasteiger charge is -2.10. The van der Waals surface area contributed by atoms with Crippen molar-refractivity contribution in [1.29, 1.82) is 0 Å². The highest BCUT2D eigenvalue weighted by molar-refractivity contribution is 7.98. The van der Waals surface area contributed by atoms with Gasteiger partial charge in [0.2, 0.25) is 5.16 Å². The molecular weight excluding hydrogens is 388 g/mol. The lowest BCUT2D eigenvalue weighted by Crippen LogP contribution is -2.16. The number of carbonyl (C=O) groups excluding carboxylic acids is 1. The molecule has 7 nitrogen and oxygen atoms in total. The van der Waals surface area contributed by atoms with Crippen LogP contribution in [0.3, 0.4) is 0 Å². The van der Waals surface area contributed by atoms with E-state index in [1.807, 2.05) is 32.0 Å². The number of nitrogens with zero attached hydrogens (tertiary/aromatic N) is 3. The zero-order valence-electron chi connectivity index (χ0n) is 16.9. The molecular formula is C21H24N4O3S. The third-order valence-electron chi connectivity index (χ3n) is 4.47. The highest BCUT2D eigenvalue weighted by Gasteiger charge is 2.14. The van der Waals surface area contributed by atoms with Crippen molar-refractivity contribution < 1.29 is 14.3 Å². The summed E-state index contributed by atoms with van der Waals surface area (Å²) in [7, 11) is 1.60. The second-order valence-electron chi connectivity index (χ2n) is 6.70. The molecule has 3 aromatic rings. The van der Waals surface area contributed by atoms with Crippen LogP contribution in [-0.2, 0) is 12.4 Å². The third-order valence-corrected chi connectivity index (χ3v) is 5.46. The molecule has 0 atom stereocenters. The van der Waals surface area contributed by atoms with Crippen LogP contribution in [0.15, 0.2) is 41.6 Å². The van der Waals surface area contributed by atoms with Crippen LogP contribution in [0.1, 0.15) is 39.8 Å². The fourth-order valence-electron chi connectivity index (χ4n) is 2.86. The number of thioether (sulfide) groups is 1. The Morgan fingerprint density at radius 1 is 1.14 bits per heavy atom. The maximum Gasteiger partial charge on any atom is 0.210 e. The van der Waals surface area contributed by atoms with Crippen LogP contribution < -0.4 is 15.3 Å². The first-order valence-corrected chi connectivity index (χ1v) is 10.1. The van der Waals surface area contributed by atoms with Gasteiger partial charge in [0.15, 0.2) is 11.6 Å². The predicted octanol–water partition coefficient (Wildman–Crippen LogP) is 3.69. The molecule has 2 aromatic carbocycles. The van der Waals surface area contributed by atoms with Gasteiger partial charge in [-0.3, -0.25) is 4.79 Å². The summed E-state index contributed by atoms with van der Waals surface area (Å²) < 4.78 is 12.7. The summed E-state index contributed by atoms with van der Waals surface area (Å²) in [5.41, 5.74) is 3.76. The number of hydrogen-bond donors (Lipinski definition) is 1. The normalized spacial score (nSPS) is 10.8. The number of ketones is 1. The second kappa shape index (κ2) is 9.00. The van der Waals surface area contributed by atoms with Crippen molar-refractivity contribution in [3.05, 3.63) is 64.5 Å². The molecule has 3 rings (SSSR count). The van der Waals surface area contributed by atoms with E-state index in [0.717, 1.165) is 16.9 Å². The van der Waals surface area contributed by atoms with E-state index in [-0.39, 0.29) is 12.4 Å². The van der Waals surface area contributed by atoms with Crippen molar-refractivity contribution in [3.8, 4) is 11.5 Å². The number of aryl methyl sites for hydroxylation is 2. The number of Topliss-reactive ketones (excluding diaryl/α,β-unsaturated/α-hetero) is 1. The highest BCUT2D eigenvalue weighted by atomic mass is 32.2. The highest BCUT2D eigenvalue weighted by Crippen LogP contribution is 2.28. The fraction of sp³-hybridized carbons (Fsp3) is 0.286. The number of carbonyl (C=O) groups is 1. The van der Waals surface area contributed by atoms with Gasteiger partial charge in [-0.2, -0.15) is 0 Å². The first-order chi connectivity index (χ1) is 13.9. The number of nitrogen functional groups attached to an aromatic ring is 1. The topological polar surface area (TPSA) is 92.3 Å².